The molecule has 1 aromatic rings. The molecular weight excluding hydrogens is 224 g/mol. The molecule has 1 fully saturated rings. The maximum Gasteiger partial charge on any atom is 0.101 e. The molecule has 4 nitrogen and oxygen atoms in total. The molecule has 1 unspecified atom stereocenters. The van der Waals surface area contributed by atoms with E-state index in [-0.39, 0.29) is 0 Å². The molecule has 0 saturated carbocycles. The summed E-state index contributed by atoms with van der Waals surface area (Å²) in [4.78, 5) is 4.63. The Hall–Kier alpha value is -1.73. The molecule has 2 rings (SSSR count). The third-order valence-corrected chi connectivity index (χ3v) is 3.65. The number of nitrogens with two attached hydrogens (primary N) is 1. The maximum absolute atomic E-state index is 8.88. The van der Waals surface area contributed by atoms with Gasteiger partial charge in [-0.05, 0) is 45.1 Å². The number of likely N-dealkylation sites (N-methyl/N-ethyl adjacent to an activating group) is 1. The predicted molar refractivity (Wildman–Crippen MR) is 74.5 cm³/mol. The van der Waals surface area contributed by atoms with Crippen LogP contribution in [0.1, 0.15) is 18.4 Å². The second-order valence-corrected chi connectivity index (χ2v) is 5.09. The molecule has 1 saturated heterocycles. The van der Waals surface area contributed by atoms with E-state index in [0.29, 0.717) is 17.3 Å². The average molecular weight is 244 g/mol. The summed E-state index contributed by atoms with van der Waals surface area (Å²) in [7, 11) is 4.25. The molecule has 0 amide bonds. The number of hydrogen-bond acceptors (Lipinski definition) is 4. The fourth-order valence-electron chi connectivity index (χ4n) is 2.46. The van der Waals surface area contributed by atoms with Gasteiger partial charge in [-0.2, -0.15) is 5.26 Å². The lowest BCUT2D eigenvalue weighted by atomic mass is 10.0. The van der Waals surface area contributed by atoms with Crippen LogP contribution >= 0.6 is 0 Å². The predicted octanol–water partition coefficient (Wildman–Crippen LogP) is 1.67. The number of nitrogen functional groups attached to an aromatic ring is 1. The Kier molecular flexibility index (Phi) is 3.73. The molecule has 0 aliphatic carbocycles. The third-order valence-electron chi connectivity index (χ3n) is 3.65. The van der Waals surface area contributed by atoms with Crippen molar-refractivity contribution in [2.24, 2.45) is 0 Å². The Morgan fingerprint density at radius 3 is 2.83 bits per heavy atom. The van der Waals surface area contributed by atoms with Crippen LogP contribution < -0.4 is 10.6 Å². The van der Waals surface area contributed by atoms with Gasteiger partial charge >= 0.3 is 0 Å². The first-order chi connectivity index (χ1) is 8.61. The second-order valence-electron chi connectivity index (χ2n) is 5.09. The summed E-state index contributed by atoms with van der Waals surface area (Å²) in [5, 5.41) is 8.88. The van der Waals surface area contributed by atoms with Crippen LogP contribution in [0.2, 0.25) is 0 Å². The Morgan fingerprint density at radius 1 is 1.44 bits per heavy atom. The highest BCUT2D eigenvalue weighted by atomic mass is 15.2. The number of nitrogens with zero attached hydrogens (tertiary/aromatic N) is 3. The molecule has 1 heterocycles. The van der Waals surface area contributed by atoms with E-state index in [9.17, 15) is 0 Å². The van der Waals surface area contributed by atoms with Crippen molar-refractivity contribution in [1.29, 1.82) is 5.26 Å². The first-order valence-corrected chi connectivity index (χ1v) is 6.33. The van der Waals surface area contributed by atoms with Gasteiger partial charge in [0.1, 0.15) is 6.07 Å². The zero-order valence-corrected chi connectivity index (χ0v) is 11.1. The smallest absolute Gasteiger partial charge is 0.101 e. The Balaban J connectivity index is 2.16. The summed E-state index contributed by atoms with van der Waals surface area (Å²) in [6, 6.07) is 8.41. The monoisotopic (exact) mass is 244 g/mol. The van der Waals surface area contributed by atoms with Gasteiger partial charge in [-0.1, -0.05) is 0 Å². The van der Waals surface area contributed by atoms with E-state index < -0.39 is 0 Å². The van der Waals surface area contributed by atoms with Gasteiger partial charge in [0.05, 0.1) is 11.3 Å². The van der Waals surface area contributed by atoms with Crippen molar-refractivity contribution in [3.63, 3.8) is 0 Å². The molecule has 0 radical (unpaired) electrons. The van der Waals surface area contributed by atoms with Crippen LogP contribution in [-0.4, -0.2) is 38.1 Å². The van der Waals surface area contributed by atoms with Crippen molar-refractivity contribution in [3.8, 4) is 6.07 Å². The van der Waals surface area contributed by atoms with Crippen LogP contribution in [0.25, 0.3) is 0 Å². The van der Waals surface area contributed by atoms with E-state index in [1.807, 2.05) is 18.2 Å². The van der Waals surface area contributed by atoms with Crippen molar-refractivity contribution >= 4 is 11.4 Å². The fraction of sp³-hybridized carbons (Fsp3) is 0.500. The summed E-state index contributed by atoms with van der Waals surface area (Å²) < 4.78 is 0. The van der Waals surface area contributed by atoms with Crippen molar-refractivity contribution in [2.45, 2.75) is 18.9 Å². The number of anilines is 2. The number of rotatable bonds is 2. The van der Waals surface area contributed by atoms with Crippen LogP contribution in [0, 0.1) is 11.3 Å². The molecule has 2 N–H and O–H groups in total. The van der Waals surface area contributed by atoms with Crippen molar-refractivity contribution in [2.75, 3.05) is 37.8 Å². The van der Waals surface area contributed by atoms with Gasteiger partial charge in [0.25, 0.3) is 0 Å². The summed E-state index contributed by atoms with van der Waals surface area (Å²) >= 11 is 0. The topological polar surface area (TPSA) is 56.3 Å². The fourth-order valence-corrected chi connectivity index (χ4v) is 2.46. The number of hydrogen-bond donors (Lipinski definition) is 1. The van der Waals surface area contributed by atoms with Gasteiger partial charge in [-0.3, -0.25) is 0 Å². The van der Waals surface area contributed by atoms with Crippen LogP contribution in [0.4, 0.5) is 11.4 Å². The molecule has 0 bridgehead atoms. The lowest BCUT2D eigenvalue weighted by Gasteiger charge is -2.37. The first kappa shape index (κ1) is 12.7. The number of nitriles is 1. The van der Waals surface area contributed by atoms with Gasteiger partial charge in [0, 0.05) is 24.8 Å². The van der Waals surface area contributed by atoms with E-state index in [2.05, 4.69) is 30.0 Å². The summed E-state index contributed by atoms with van der Waals surface area (Å²) in [5.41, 5.74) is 8.12. The zero-order valence-electron chi connectivity index (χ0n) is 11.1. The minimum absolute atomic E-state index is 0.555. The molecule has 4 heteroatoms. The normalized spacial score (nSPS) is 19.9. The molecule has 1 aliphatic rings. The minimum Gasteiger partial charge on any atom is -0.398 e. The third kappa shape index (κ3) is 2.57. The SMILES string of the molecule is CN(C)C1CCCN(c2ccc(C#N)c(N)c2)C1. The van der Waals surface area contributed by atoms with Gasteiger partial charge < -0.3 is 15.5 Å². The molecule has 1 atom stereocenters. The van der Waals surface area contributed by atoms with Crippen LogP contribution in [-0.2, 0) is 0 Å². The van der Waals surface area contributed by atoms with Crippen molar-refractivity contribution < 1.29 is 0 Å². The van der Waals surface area contributed by atoms with Gasteiger partial charge in [0.2, 0.25) is 0 Å². The molecule has 18 heavy (non-hydrogen) atoms. The Morgan fingerprint density at radius 2 is 2.22 bits per heavy atom. The van der Waals surface area contributed by atoms with Crippen LogP contribution in [0.15, 0.2) is 18.2 Å². The van der Waals surface area contributed by atoms with E-state index in [4.69, 9.17) is 11.0 Å². The highest BCUT2D eigenvalue weighted by molar-refractivity contribution is 5.63. The lowest BCUT2D eigenvalue weighted by molar-refractivity contribution is 0.258. The molecule has 1 aliphatic heterocycles. The van der Waals surface area contributed by atoms with Gasteiger partial charge in [0.15, 0.2) is 0 Å². The van der Waals surface area contributed by atoms with Gasteiger partial charge in [-0.15, -0.1) is 0 Å². The number of piperidine rings is 1. The van der Waals surface area contributed by atoms with E-state index in [1.165, 1.54) is 12.8 Å². The summed E-state index contributed by atoms with van der Waals surface area (Å²) in [5.74, 6) is 0. The average Bonchev–Trinajstić information content (AvgIpc) is 2.38. The Bertz CT molecular complexity index is 461. The molecular formula is C14H20N4. The van der Waals surface area contributed by atoms with E-state index >= 15 is 0 Å². The standard InChI is InChI=1S/C14H20N4/c1-17(2)13-4-3-7-18(10-13)12-6-5-11(9-15)14(16)8-12/h5-6,8,13H,3-4,7,10,16H2,1-2H3. The highest BCUT2D eigenvalue weighted by Gasteiger charge is 2.21. The minimum atomic E-state index is 0.555. The molecule has 96 valence electrons. The quantitative estimate of drug-likeness (QED) is 0.804. The molecule has 0 spiro atoms. The van der Waals surface area contributed by atoms with Gasteiger partial charge in [-0.25, -0.2) is 0 Å². The number of benzene rings is 1. The van der Waals surface area contributed by atoms with Crippen molar-refractivity contribution in [1.82, 2.24) is 4.90 Å². The van der Waals surface area contributed by atoms with E-state index in [0.717, 1.165) is 18.8 Å². The second kappa shape index (κ2) is 5.28. The molecule has 1 aromatic carbocycles. The zero-order chi connectivity index (χ0) is 13.1. The largest absolute Gasteiger partial charge is 0.398 e. The Labute approximate surface area is 109 Å². The lowest BCUT2D eigenvalue weighted by Crippen LogP contribution is -2.45. The first-order valence-electron chi connectivity index (χ1n) is 6.33. The summed E-state index contributed by atoms with van der Waals surface area (Å²) in [6.45, 7) is 2.09. The molecule has 0 aromatic heterocycles. The van der Waals surface area contributed by atoms with Crippen LogP contribution in [0.3, 0.4) is 0 Å². The van der Waals surface area contributed by atoms with E-state index in [1.54, 1.807) is 0 Å². The summed E-state index contributed by atoms with van der Waals surface area (Å²) in [6.07, 6.45) is 2.44. The maximum atomic E-state index is 8.88. The van der Waals surface area contributed by atoms with Crippen molar-refractivity contribution in [3.05, 3.63) is 23.8 Å². The highest BCUT2D eigenvalue weighted by Crippen LogP contribution is 2.25. The van der Waals surface area contributed by atoms with Crippen LogP contribution in [0.5, 0.6) is 0 Å².